The number of carbonyl (C=O) groups is 1. The van der Waals surface area contributed by atoms with Crippen LogP contribution in [0.1, 0.15) is 21.5 Å². The molecule has 2 N–H and O–H groups in total. The molecule has 2 rings (SSSR count). The molecule has 0 saturated heterocycles. The molecule has 4 heteroatoms. The summed E-state index contributed by atoms with van der Waals surface area (Å²) in [5.41, 5.74) is 1.88. The molecule has 1 amide bonds. The number of hydrogen-bond acceptors (Lipinski definition) is 2. The summed E-state index contributed by atoms with van der Waals surface area (Å²) in [4.78, 5) is 11.9. The molecule has 0 aliphatic rings. The molecule has 0 radical (unpaired) electrons. The summed E-state index contributed by atoms with van der Waals surface area (Å²) in [6, 6.07) is 10.6. The van der Waals surface area contributed by atoms with E-state index in [1.54, 1.807) is 25.1 Å². The minimum absolute atomic E-state index is 0.124. The van der Waals surface area contributed by atoms with Crippen LogP contribution in [0.2, 0.25) is 0 Å². The number of hydrogen-bond donors (Lipinski definition) is 2. The average Bonchev–Trinajstić information content (AvgIpc) is 2.36. The van der Waals surface area contributed by atoms with Gasteiger partial charge in [-0.1, -0.05) is 12.1 Å². The Morgan fingerprint density at radius 1 is 1.26 bits per heavy atom. The largest absolute Gasteiger partial charge is 0.508 e. The predicted octanol–water partition coefficient (Wildman–Crippen LogP) is 2.77. The lowest BCUT2D eigenvalue weighted by Gasteiger charge is -2.08. The van der Waals surface area contributed by atoms with Gasteiger partial charge in [-0.05, 0) is 48.4 Å². The SMILES string of the molecule is Cc1cc(O)ccc1C(=O)NCc1cccc(F)c1. The van der Waals surface area contributed by atoms with Gasteiger partial charge in [-0.2, -0.15) is 0 Å². The van der Waals surface area contributed by atoms with E-state index in [4.69, 9.17) is 0 Å². The first-order valence-corrected chi connectivity index (χ1v) is 5.88. The highest BCUT2D eigenvalue weighted by Gasteiger charge is 2.09. The number of amides is 1. The van der Waals surface area contributed by atoms with Crippen LogP contribution in [-0.4, -0.2) is 11.0 Å². The van der Waals surface area contributed by atoms with Crippen LogP contribution in [0.15, 0.2) is 42.5 Å². The number of nitrogens with one attached hydrogen (secondary N) is 1. The van der Waals surface area contributed by atoms with Gasteiger partial charge >= 0.3 is 0 Å². The normalized spacial score (nSPS) is 10.2. The lowest BCUT2D eigenvalue weighted by Crippen LogP contribution is -2.23. The van der Waals surface area contributed by atoms with Gasteiger partial charge in [0.1, 0.15) is 11.6 Å². The Morgan fingerprint density at radius 3 is 2.74 bits per heavy atom. The Labute approximate surface area is 110 Å². The van der Waals surface area contributed by atoms with E-state index < -0.39 is 0 Å². The topological polar surface area (TPSA) is 49.3 Å². The van der Waals surface area contributed by atoms with Gasteiger partial charge in [0.25, 0.3) is 5.91 Å². The van der Waals surface area contributed by atoms with Crippen molar-refractivity contribution in [2.45, 2.75) is 13.5 Å². The maximum Gasteiger partial charge on any atom is 0.251 e. The van der Waals surface area contributed by atoms with E-state index >= 15 is 0 Å². The third kappa shape index (κ3) is 3.31. The molecule has 2 aromatic rings. The maximum absolute atomic E-state index is 13.0. The quantitative estimate of drug-likeness (QED) is 0.890. The van der Waals surface area contributed by atoms with Crippen molar-refractivity contribution in [1.29, 1.82) is 0 Å². The van der Waals surface area contributed by atoms with Crippen LogP contribution in [-0.2, 0) is 6.54 Å². The molecule has 0 aromatic heterocycles. The van der Waals surface area contributed by atoms with Crippen LogP contribution < -0.4 is 5.32 Å². The first kappa shape index (κ1) is 13.1. The zero-order valence-corrected chi connectivity index (χ0v) is 10.5. The molecule has 2 aromatic carbocycles. The van der Waals surface area contributed by atoms with Crippen LogP contribution >= 0.6 is 0 Å². The molecule has 0 unspecified atom stereocenters. The molecule has 0 spiro atoms. The Morgan fingerprint density at radius 2 is 2.05 bits per heavy atom. The van der Waals surface area contributed by atoms with Crippen LogP contribution in [0.5, 0.6) is 5.75 Å². The monoisotopic (exact) mass is 259 g/mol. The van der Waals surface area contributed by atoms with Crippen LogP contribution in [0.25, 0.3) is 0 Å². The van der Waals surface area contributed by atoms with Crippen LogP contribution in [0.3, 0.4) is 0 Å². The van der Waals surface area contributed by atoms with Gasteiger partial charge in [0, 0.05) is 12.1 Å². The second-order valence-corrected chi connectivity index (χ2v) is 4.31. The maximum atomic E-state index is 13.0. The van der Waals surface area contributed by atoms with Crippen molar-refractivity contribution in [2.24, 2.45) is 0 Å². The zero-order chi connectivity index (χ0) is 13.8. The molecule has 0 heterocycles. The fourth-order valence-corrected chi connectivity index (χ4v) is 1.83. The standard InChI is InChI=1S/C15H14FNO2/c1-10-7-13(18)5-6-14(10)15(19)17-9-11-3-2-4-12(16)8-11/h2-8,18H,9H2,1H3,(H,17,19). The number of aryl methyl sites for hydroxylation is 1. The smallest absolute Gasteiger partial charge is 0.251 e. The van der Waals surface area contributed by atoms with Gasteiger partial charge in [0.2, 0.25) is 0 Å². The van der Waals surface area contributed by atoms with Gasteiger partial charge in [-0.15, -0.1) is 0 Å². The minimum Gasteiger partial charge on any atom is -0.508 e. The molecule has 3 nitrogen and oxygen atoms in total. The van der Waals surface area contributed by atoms with Crippen LogP contribution in [0.4, 0.5) is 4.39 Å². The van der Waals surface area contributed by atoms with Gasteiger partial charge in [-0.3, -0.25) is 4.79 Å². The molecule has 0 aliphatic carbocycles. The summed E-state index contributed by atoms with van der Waals surface area (Å²) >= 11 is 0. The summed E-state index contributed by atoms with van der Waals surface area (Å²) in [5, 5.41) is 12.0. The van der Waals surface area contributed by atoms with E-state index in [9.17, 15) is 14.3 Å². The third-order valence-corrected chi connectivity index (χ3v) is 2.80. The lowest BCUT2D eigenvalue weighted by atomic mass is 10.1. The van der Waals surface area contributed by atoms with Gasteiger partial charge in [-0.25, -0.2) is 4.39 Å². The number of rotatable bonds is 3. The molecule has 0 atom stereocenters. The second kappa shape index (κ2) is 5.52. The summed E-state index contributed by atoms with van der Waals surface area (Å²) in [5.74, 6) is -0.450. The van der Waals surface area contributed by atoms with Crippen molar-refractivity contribution < 1.29 is 14.3 Å². The van der Waals surface area contributed by atoms with Crippen molar-refractivity contribution in [2.75, 3.05) is 0 Å². The molecular weight excluding hydrogens is 245 g/mol. The highest BCUT2D eigenvalue weighted by Crippen LogP contribution is 2.15. The van der Waals surface area contributed by atoms with Crippen molar-refractivity contribution >= 4 is 5.91 Å². The molecule has 0 bridgehead atoms. The summed E-state index contributed by atoms with van der Waals surface area (Å²) in [7, 11) is 0. The zero-order valence-electron chi connectivity index (χ0n) is 10.5. The molecule has 0 fully saturated rings. The highest BCUT2D eigenvalue weighted by molar-refractivity contribution is 5.95. The fourth-order valence-electron chi connectivity index (χ4n) is 1.83. The highest BCUT2D eigenvalue weighted by atomic mass is 19.1. The van der Waals surface area contributed by atoms with Crippen molar-refractivity contribution in [3.05, 3.63) is 65.0 Å². The number of phenolic OH excluding ortho intramolecular Hbond substituents is 1. The first-order valence-electron chi connectivity index (χ1n) is 5.88. The van der Waals surface area contributed by atoms with E-state index in [-0.39, 0.29) is 24.0 Å². The molecule has 19 heavy (non-hydrogen) atoms. The summed E-state index contributed by atoms with van der Waals surface area (Å²) in [6.07, 6.45) is 0. The Hall–Kier alpha value is -2.36. The summed E-state index contributed by atoms with van der Waals surface area (Å²) < 4.78 is 13.0. The van der Waals surface area contributed by atoms with E-state index in [1.807, 2.05) is 0 Å². The lowest BCUT2D eigenvalue weighted by molar-refractivity contribution is 0.0950. The number of carbonyl (C=O) groups excluding carboxylic acids is 1. The van der Waals surface area contributed by atoms with E-state index in [1.165, 1.54) is 24.3 Å². The van der Waals surface area contributed by atoms with Crippen molar-refractivity contribution in [1.82, 2.24) is 5.32 Å². The average molecular weight is 259 g/mol. The van der Waals surface area contributed by atoms with Gasteiger partial charge in [0.15, 0.2) is 0 Å². The first-order chi connectivity index (χ1) is 9.06. The minimum atomic E-state index is -0.326. The Kier molecular flexibility index (Phi) is 3.80. The molecular formula is C15H14FNO2. The van der Waals surface area contributed by atoms with E-state index in [0.717, 1.165) is 0 Å². The Bertz CT molecular complexity index is 611. The van der Waals surface area contributed by atoms with Crippen molar-refractivity contribution in [3.8, 4) is 5.75 Å². The van der Waals surface area contributed by atoms with Gasteiger partial charge < -0.3 is 10.4 Å². The number of halogens is 1. The van der Waals surface area contributed by atoms with Gasteiger partial charge in [0.05, 0.1) is 0 Å². The van der Waals surface area contributed by atoms with E-state index in [2.05, 4.69) is 5.32 Å². The molecule has 0 saturated carbocycles. The predicted molar refractivity (Wildman–Crippen MR) is 70.4 cm³/mol. The number of aromatic hydroxyl groups is 1. The Balaban J connectivity index is 2.05. The number of phenols is 1. The summed E-state index contributed by atoms with van der Waals surface area (Å²) in [6.45, 7) is 2.01. The van der Waals surface area contributed by atoms with E-state index in [0.29, 0.717) is 16.7 Å². The van der Waals surface area contributed by atoms with Crippen LogP contribution in [0, 0.1) is 12.7 Å². The molecule has 0 aliphatic heterocycles. The number of benzene rings is 2. The van der Waals surface area contributed by atoms with Crippen molar-refractivity contribution in [3.63, 3.8) is 0 Å². The second-order valence-electron chi connectivity index (χ2n) is 4.31. The molecule has 98 valence electrons. The fraction of sp³-hybridized carbons (Fsp3) is 0.133. The third-order valence-electron chi connectivity index (χ3n) is 2.80.